The van der Waals surface area contributed by atoms with Crippen molar-refractivity contribution in [2.75, 3.05) is 41.3 Å². The van der Waals surface area contributed by atoms with E-state index in [2.05, 4.69) is 125 Å². The Bertz CT molecular complexity index is 1340. The molecule has 0 N–H and O–H groups in total. The van der Waals surface area contributed by atoms with Gasteiger partial charge in [-0.1, -0.05) is 72.8 Å². The molecule has 0 aromatic heterocycles. The van der Waals surface area contributed by atoms with Gasteiger partial charge in [-0.3, -0.25) is 0 Å². The molecule has 3 nitrogen and oxygen atoms in total. The highest BCUT2D eigenvalue weighted by Crippen LogP contribution is 2.37. The molecule has 2 unspecified atom stereocenters. The van der Waals surface area contributed by atoms with E-state index in [-0.39, 0.29) is 48.0 Å². The fourth-order valence-corrected chi connectivity index (χ4v) is 6.74. The fraction of sp³-hybridized carbons (Fsp3) is 0.333. The summed E-state index contributed by atoms with van der Waals surface area (Å²) in [6.45, 7) is 2.37. The smallest absolute Gasteiger partial charge is 0.127 e. The lowest BCUT2D eigenvalue weighted by molar-refractivity contribution is -0.923. The molecule has 0 bridgehead atoms. The molecule has 0 aliphatic carbocycles. The van der Waals surface area contributed by atoms with Crippen molar-refractivity contribution in [3.8, 4) is 11.5 Å². The number of hydrogen-bond donors (Lipinski definition) is 0. The van der Waals surface area contributed by atoms with Gasteiger partial charge in [0.25, 0.3) is 0 Å². The molecule has 2 heterocycles. The zero-order chi connectivity index (χ0) is 27.0. The van der Waals surface area contributed by atoms with Gasteiger partial charge < -0.3 is 61.7 Å². The first-order chi connectivity index (χ1) is 18.8. The third-order valence-electron chi connectivity index (χ3n) is 9.37. The van der Waals surface area contributed by atoms with Crippen LogP contribution >= 0.6 is 0 Å². The van der Waals surface area contributed by atoms with Gasteiger partial charge in [-0.15, -0.1) is 0 Å². The Morgan fingerprint density at radius 3 is 1.29 bits per heavy atom. The van der Waals surface area contributed by atoms with Crippen LogP contribution in [0.2, 0.25) is 0 Å². The van der Waals surface area contributed by atoms with Gasteiger partial charge in [-0.25, -0.2) is 0 Å². The van der Waals surface area contributed by atoms with Crippen molar-refractivity contribution in [1.29, 1.82) is 0 Å². The Balaban J connectivity index is 0.00000194. The third-order valence-corrected chi connectivity index (χ3v) is 9.37. The van der Waals surface area contributed by atoms with Crippen molar-refractivity contribution in [2.24, 2.45) is 0 Å². The van der Waals surface area contributed by atoms with Gasteiger partial charge in [0.15, 0.2) is 0 Å². The lowest BCUT2D eigenvalue weighted by Crippen LogP contribution is -3.00. The summed E-state index contributed by atoms with van der Waals surface area (Å²) in [6, 6.07) is 36.4. The summed E-state index contributed by atoms with van der Waals surface area (Å²) in [7, 11) is 9.48. The minimum Gasteiger partial charge on any atom is -1.00 e. The summed E-state index contributed by atoms with van der Waals surface area (Å²) in [5.74, 6) is 1.78. The first-order valence-corrected chi connectivity index (χ1v) is 14.5. The van der Waals surface area contributed by atoms with Crippen molar-refractivity contribution in [3.63, 3.8) is 0 Å². The van der Waals surface area contributed by atoms with E-state index in [0.717, 1.165) is 46.1 Å². The van der Waals surface area contributed by atoms with Gasteiger partial charge in [0, 0.05) is 36.8 Å². The Kier molecular flexibility index (Phi) is 10.3. The first kappa shape index (κ1) is 32.0. The van der Waals surface area contributed by atoms with Crippen molar-refractivity contribution in [2.45, 2.75) is 37.8 Å². The average molecular weight is 773 g/mol. The summed E-state index contributed by atoms with van der Waals surface area (Å²) in [5.41, 5.74) is 8.76. The number of nitrogens with zero attached hydrogens (tertiary/aromatic N) is 2. The Labute approximate surface area is 280 Å². The predicted molar refractivity (Wildman–Crippen MR) is 160 cm³/mol. The largest absolute Gasteiger partial charge is 1.00 e. The second kappa shape index (κ2) is 13.1. The van der Waals surface area contributed by atoms with E-state index < -0.39 is 0 Å². The van der Waals surface area contributed by atoms with E-state index in [1.807, 2.05) is 0 Å². The number of hydrogen-bond acceptors (Lipinski definition) is 1. The van der Waals surface area contributed by atoms with Gasteiger partial charge in [0.1, 0.15) is 23.6 Å². The molecule has 0 saturated heterocycles. The zero-order valence-corrected chi connectivity index (χ0v) is 29.0. The highest BCUT2D eigenvalue weighted by molar-refractivity contribution is 5.38. The number of benzene rings is 4. The summed E-state index contributed by atoms with van der Waals surface area (Å²) >= 11 is 0. The molecule has 216 valence electrons. The SMILES string of the molecule is C[N+]1(C)CCc2ccccc2C1Cc1ccc(Oc2ccc(CC3c4ccccc4CC[N+]3(C)C)cc2)cc1.[I-].[I-]. The Hall–Kier alpha value is -1.94. The van der Waals surface area contributed by atoms with Crippen LogP contribution in [-0.2, 0) is 25.7 Å². The van der Waals surface area contributed by atoms with Crippen LogP contribution in [0.25, 0.3) is 0 Å². The number of rotatable bonds is 6. The number of fused-ring (bicyclic) bond motifs is 2. The third kappa shape index (κ3) is 7.00. The molecule has 0 amide bonds. The van der Waals surface area contributed by atoms with Gasteiger partial charge in [0.05, 0.1) is 41.3 Å². The van der Waals surface area contributed by atoms with E-state index in [9.17, 15) is 0 Å². The quantitative estimate of drug-likeness (QED) is 0.213. The van der Waals surface area contributed by atoms with Crippen LogP contribution in [-0.4, -0.2) is 50.2 Å². The number of quaternary nitrogens is 2. The second-order valence-corrected chi connectivity index (χ2v) is 12.7. The number of ether oxygens (including phenoxy) is 1. The van der Waals surface area contributed by atoms with Gasteiger partial charge >= 0.3 is 0 Å². The first-order valence-electron chi connectivity index (χ1n) is 14.5. The van der Waals surface area contributed by atoms with Crippen molar-refractivity contribution < 1.29 is 61.7 Å². The fourth-order valence-electron chi connectivity index (χ4n) is 6.74. The zero-order valence-electron chi connectivity index (χ0n) is 24.7. The van der Waals surface area contributed by atoms with Crippen LogP contribution in [0.3, 0.4) is 0 Å². The molecular weight excluding hydrogens is 730 g/mol. The van der Waals surface area contributed by atoms with Crippen molar-refractivity contribution in [1.82, 2.24) is 0 Å². The Morgan fingerprint density at radius 2 is 0.902 bits per heavy atom. The van der Waals surface area contributed by atoms with E-state index >= 15 is 0 Å². The minimum atomic E-state index is 0. The topological polar surface area (TPSA) is 9.23 Å². The molecule has 4 aromatic rings. The molecule has 0 radical (unpaired) electrons. The van der Waals surface area contributed by atoms with Crippen LogP contribution in [0, 0.1) is 0 Å². The van der Waals surface area contributed by atoms with Crippen molar-refractivity contribution >= 4 is 0 Å². The van der Waals surface area contributed by atoms with Gasteiger partial charge in [-0.05, 0) is 46.5 Å². The summed E-state index contributed by atoms with van der Waals surface area (Å²) in [6.07, 6.45) is 4.41. The predicted octanol–water partition coefficient (Wildman–Crippen LogP) is 1.32. The summed E-state index contributed by atoms with van der Waals surface area (Å²) < 4.78 is 8.32. The monoisotopic (exact) mass is 772 g/mol. The molecule has 4 aromatic carbocycles. The maximum Gasteiger partial charge on any atom is 0.127 e. The van der Waals surface area contributed by atoms with Crippen LogP contribution < -0.4 is 52.7 Å². The normalized spacial score (nSPS) is 20.0. The minimum absolute atomic E-state index is 0. The lowest BCUT2D eigenvalue weighted by atomic mass is 9.87. The molecule has 2 aliphatic heterocycles. The van der Waals surface area contributed by atoms with Crippen LogP contribution in [0.1, 0.15) is 45.5 Å². The standard InChI is InChI=1S/C36H42N2O.2HI/c1-37(2)23-21-29-9-5-7-11-33(29)35(37)25-27-13-17-31(18-14-27)39-32-19-15-28(16-20-32)26-36-34-12-8-6-10-30(34)22-24-38(36,3)4;;/h5-20,35-36H,21-26H2,1-4H3;2*1H/q+2;;/p-2. The van der Waals surface area contributed by atoms with E-state index in [4.69, 9.17) is 4.74 Å². The number of likely N-dealkylation sites (N-methyl/N-ethyl adjacent to an activating group) is 2. The molecule has 5 heteroatoms. The number of halogens is 2. The highest BCUT2D eigenvalue weighted by atomic mass is 127. The second-order valence-electron chi connectivity index (χ2n) is 12.7. The van der Waals surface area contributed by atoms with Crippen LogP contribution in [0.5, 0.6) is 11.5 Å². The molecule has 0 fully saturated rings. The highest BCUT2D eigenvalue weighted by Gasteiger charge is 2.36. The summed E-state index contributed by atoms with van der Waals surface area (Å²) in [4.78, 5) is 0. The average Bonchev–Trinajstić information content (AvgIpc) is 2.94. The van der Waals surface area contributed by atoms with E-state index in [1.54, 1.807) is 0 Å². The Morgan fingerprint density at radius 1 is 0.537 bits per heavy atom. The van der Waals surface area contributed by atoms with E-state index in [0.29, 0.717) is 12.1 Å². The van der Waals surface area contributed by atoms with Gasteiger partial charge in [0.2, 0.25) is 0 Å². The lowest BCUT2D eigenvalue weighted by Gasteiger charge is -2.43. The molecular formula is C36H42I2N2O. The molecule has 6 rings (SSSR count). The van der Waals surface area contributed by atoms with Gasteiger partial charge in [-0.2, -0.15) is 0 Å². The van der Waals surface area contributed by atoms with E-state index in [1.165, 1.54) is 46.5 Å². The molecule has 0 saturated carbocycles. The molecule has 2 aliphatic rings. The molecule has 0 spiro atoms. The summed E-state index contributed by atoms with van der Waals surface area (Å²) in [5, 5.41) is 0. The molecule has 41 heavy (non-hydrogen) atoms. The van der Waals surface area contributed by atoms with Crippen molar-refractivity contribution in [3.05, 3.63) is 130 Å². The maximum atomic E-state index is 6.25. The van der Waals surface area contributed by atoms with Crippen LogP contribution in [0.15, 0.2) is 97.1 Å². The maximum absolute atomic E-state index is 6.25. The van der Waals surface area contributed by atoms with Crippen LogP contribution in [0.4, 0.5) is 0 Å². The molecule has 2 atom stereocenters.